The lowest BCUT2D eigenvalue weighted by Gasteiger charge is -2.20. The summed E-state index contributed by atoms with van der Waals surface area (Å²) in [5.41, 5.74) is 3.20. The average molecular weight is 396 g/mol. The Balaban J connectivity index is 1.86. The highest BCUT2D eigenvalue weighted by molar-refractivity contribution is 7.80. The first-order valence-corrected chi connectivity index (χ1v) is 9.93. The molecule has 1 aliphatic rings. The maximum Gasteiger partial charge on any atom is 0.281 e. The van der Waals surface area contributed by atoms with E-state index < -0.39 is 0 Å². The van der Waals surface area contributed by atoms with Crippen molar-refractivity contribution in [2.45, 2.75) is 20.8 Å². The Morgan fingerprint density at radius 3 is 2.39 bits per heavy atom. The summed E-state index contributed by atoms with van der Waals surface area (Å²) < 4.78 is 5.65. The van der Waals surface area contributed by atoms with Crippen molar-refractivity contribution in [3.63, 3.8) is 0 Å². The van der Waals surface area contributed by atoms with E-state index in [2.05, 4.69) is 36.2 Å². The van der Waals surface area contributed by atoms with Crippen LogP contribution in [0.3, 0.4) is 0 Å². The van der Waals surface area contributed by atoms with Gasteiger partial charge in [0, 0.05) is 18.8 Å². The van der Waals surface area contributed by atoms with Crippen molar-refractivity contribution in [2.24, 2.45) is 0 Å². The molecule has 2 aromatic carbocycles. The minimum atomic E-state index is -0.190. The van der Waals surface area contributed by atoms with Gasteiger partial charge in [-0.2, -0.15) is 0 Å². The van der Waals surface area contributed by atoms with Gasteiger partial charge >= 0.3 is 0 Å². The second-order valence-electron chi connectivity index (χ2n) is 6.29. The number of thiocarbonyl (C=S) groups is 1. The average Bonchev–Trinajstić information content (AvgIpc) is 2.98. The Bertz CT molecular complexity index is 889. The molecular weight excluding hydrogens is 370 g/mol. The molecule has 1 fully saturated rings. The molecule has 1 heterocycles. The SMILES string of the molecule is CCOc1ccccc1N1C(=O)/C(=C\c2ccc(N(CC)CC)cc2)NC1=S. The molecule has 2 aromatic rings. The molecule has 1 N–H and O–H groups in total. The predicted octanol–water partition coefficient (Wildman–Crippen LogP) is 4.19. The monoisotopic (exact) mass is 395 g/mol. The van der Waals surface area contributed by atoms with Gasteiger partial charge in [0.15, 0.2) is 5.11 Å². The standard InChI is InChI=1S/C22H25N3O2S/c1-4-24(5-2)17-13-11-16(12-14-17)15-18-21(26)25(22(28)23-18)19-9-7-8-10-20(19)27-6-3/h7-15H,4-6H2,1-3H3,(H,23,28)/b18-15+. The van der Waals surface area contributed by atoms with Gasteiger partial charge < -0.3 is 15.0 Å². The van der Waals surface area contributed by atoms with Gasteiger partial charge in [0.25, 0.3) is 5.91 Å². The lowest BCUT2D eigenvalue weighted by atomic mass is 10.1. The third-order valence-electron chi connectivity index (χ3n) is 4.62. The Morgan fingerprint density at radius 1 is 1.07 bits per heavy atom. The van der Waals surface area contributed by atoms with Crippen LogP contribution in [0.2, 0.25) is 0 Å². The maximum absolute atomic E-state index is 13.0. The van der Waals surface area contributed by atoms with Crippen molar-refractivity contribution >= 4 is 40.7 Å². The van der Waals surface area contributed by atoms with Gasteiger partial charge in [0.2, 0.25) is 0 Å². The lowest BCUT2D eigenvalue weighted by molar-refractivity contribution is -0.113. The van der Waals surface area contributed by atoms with E-state index in [1.807, 2.05) is 49.4 Å². The summed E-state index contributed by atoms with van der Waals surface area (Å²) in [4.78, 5) is 16.7. The number of ether oxygens (including phenoxy) is 1. The number of hydrogen-bond acceptors (Lipinski definition) is 4. The number of carbonyl (C=O) groups is 1. The number of amides is 1. The summed E-state index contributed by atoms with van der Waals surface area (Å²) in [7, 11) is 0. The molecule has 0 spiro atoms. The van der Waals surface area contributed by atoms with Crippen LogP contribution < -0.4 is 19.9 Å². The number of hydrogen-bond donors (Lipinski definition) is 1. The molecule has 5 nitrogen and oxygen atoms in total. The van der Waals surface area contributed by atoms with Crippen LogP contribution in [0.15, 0.2) is 54.2 Å². The number of carbonyl (C=O) groups excluding carboxylic acids is 1. The number of nitrogens with zero attached hydrogens (tertiary/aromatic N) is 2. The van der Waals surface area contributed by atoms with Gasteiger partial charge in [0.1, 0.15) is 11.4 Å². The predicted molar refractivity (Wildman–Crippen MR) is 119 cm³/mol. The van der Waals surface area contributed by atoms with Crippen molar-refractivity contribution in [2.75, 3.05) is 29.5 Å². The smallest absolute Gasteiger partial charge is 0.281 e. The molecule has 1 aliphatic heterocycles. The molecule has 0 atom stereocenters. The van der Waals surface area contributed by atoms with Crippen LogP contribution in [0.4, 0.5) is 11.4 Å². The fourth-order valence-electron chi connectivity index (χ4n) is 3.21. The van der Waals surface area contributed by atoms with Crippen LogP contribution in [0.25, 0.3) is 6.08 Å². The van der Waals surface area contributed by atoms with Gasteiger partial charge in [-0.05, 0) is 68.9 Å². The number of anilines is 2. The molecule has 0 saturated carbocycles. The highest BCUT2D eigenvalue weighted by atomic mass is 32.1. The summed E-state index contributed by atoms with van der Waals surface area (Å²) >= 11 is 5.41. The van der Waals surface area contributed by atoms with Gasteiger partial charge in [-0.1, -0.05) is 24.3 Å². The topological polar surface area (TPSA) is 44.8 Å². The Hall–Kier alpha value is -2.86. The first-order valence-electron chi connectivity index (χ1n) is 9.53. The van der Waals surface area contributed by atoms with Crippen LogP contribution in [-0.2, 0) is 4.79 Å². The number of para-hydroxylation sites is 2. The summed E-state index contributed by atoms with van der Waals surface area (Å²) in [5.74, 6) is 0.442. The number of nitrogens with one attached hydrogen (secondary N) is 1. The van der Waals surface area contributed by atoms with Crippen LogP contribution in [0.1, 0.15) is 26.3 Å². The second-order valence-corrected chi connectivity index (χ2v) is 6.68. The Morgan fingerprint density at radius 2 is 1.75 bits per heavy atom. The van der Waals surface area contributed by atoms with E-state index in [9.17, 15) is 4.79 Å². The molecule has 0 bridgehead atoms. The molecular formula is C22H25N3O2S. The Kier molecular flexibility index (Phi) is 6.31. The van der Waals surface area contributed by atoms with E-state index in [1.54, 1.807) is 0 Å². The quantitative estimate of drug-likeness (QED) is 0.562. The third-order valence-corrected chi connectivity index (χ3v) is 4.90. The van der Waals surface area contributed by atoms with Gasteiger partial charge in [-0.3, -0.25) is 4.79 Å². The van der Waals surface area contributed by atoms with Gasteiger partial charge in [0.05, 0.1) is 12.3 Å². The number of benzene rings is 2. The van der Waals surface area contributed by atoms with E-state index in [0.29, 0.717) is 28.9 Å². The van der Waals surface area contributed by atoms with Gasteiger partial charge in [-0.15, -0.1) is 0 Å². The minimum absolute atomic E-state index is 0.190. The molecule has 28 heavy (non-hydrogen) atoms. The molecule has 3 rings (SSSR count). The summed E-state index contributed by atoms with van der Waals surface area (Å²) in [5, 5.41) is 3.38. The molecule has 1 saturated heterocycles. The number of rotatable bonds is 7. The van der Waals surface area contributed by atoms with E-state index in [1.165, 1.54) is 10.6 Å². The summed E-state index contributed by atoms with van der Waals surface area (Å²) in [6, 6.07) is 15.6. The maximum atomic E-state index is 13.0. The van der Waals surface area contributed by atoms with E-state index >= 15 is 0 Å². The van der Waals surface area contributed by atoms with E-state index in [-0.39, 0.29) is 5.91 Å². The summed E-state index contributed by atoms with van der Waals surface area (Å²) in [6.07, 6.45) is 1.82. The lowest BCUT2D eigenvalue weighted by Crippen LogP contribution is -2.30. The molecule has 0 aliphatic carbocycles. The molecule has 146 valence electrons. The fourth-order valence-corrected chi connectivity index (χ4v) is 3.50. The zero-order valence-electron chi connectivity index (χ0n) is 16.4. The van der Waals surface area contributed by atoms with E-state index in [0.717, 1.165) is 18.7 Å². The largest absolute Gasteiger partial charge is 0.492 e. The van der Waals surface area contributed by atoms with Crippen molar-refractivity contribution in [1.29, 1.82) is 0 Å². The first-order chi connectivity index (χ1) is 13.6. The minimum Gasteiger partial charge on any atom is -0.492 e. The Labute approximate surface area is 171 Å². The van der Waals surface area contributed by atoms with E-state index in [4.69, 9.17) is 17.0 Å². The van der Waals surface area contributed by atoms with Crippen LogP contribution in [0, 0.1) is 0 Å². The molecule has 0 aromatic heterocycles. The molecule has 0 unspecified atom stereocenters. The highest BCUT2D eigenvalue weighted by Gasteiger charge is 2.33. The van der Waals surface area contributed by atoms with Crippen molar-refractivity contribution in [3.05, 3.63) is 59.8 Å². The van der Waals surface area contributed by atoms with Crippen LogP contribution in [0.5, 0.6) is 5.75 Å². The summed E-state index contributed by atoms with van der Waals surface area (Å²) in [6.45, 7) is 8.61. The van der Waals surface area contributed by atoms with Crippen molar-refractivity contribution < 1.29 is 9.53 Å². The highest BCUT2D eigenvalue weighted by Crippen LogP contribution is 2.31. The normalized spacial score (nSPS) is 15.1. The molecule has 1 amide bonds. The van der Waals surface area contributed by atoms with Crippen molar-refractivity contribution in [3.8, 4) is 5.75 Å². The molecule has 0 radical (unpaired) electrons. The first kappa shape index (κ1) is 19.9. The third kappa shape index (κ3) is 4.02. The van der Waals surface area contributed by atoms with Gasteiger partial charge in [-0.25, -0.2) is 4.90 Å². The van der Waals surface area contributed by atoms with Crippen LogP contribution in [-0.4, -0.2) is 30.7 Å². The zero-order valence-corrected chi connectivity index (χ0v) is 17.3. The van der Waals surface area contributed by atoms with Crippen molar-refractivity contribution in [1.82, 2.24) is 5.32 Å². The van der Waals surface area contributed by atoms with Crippen LogP contribution >= 0.6 is 12.2 Å². The zero-order chi connectivity index (χ0) is 20.1. The molecule has 6 heteroatoms. The second kappa shape index (κ2) is 8.89. The fraction of sp³-hybridized carbons (Fsp3) is 0.273.